The molecule has 2 rings (SSSR count). The second-order valence-electron chi connectivity index (χ2n) is 1.79. The van der Waals surface area contributed by atoms with Crippen LogP contribution in [-0.4, -0.2) is 4.98 Å². The first-order valence-corrected chi connectivity index (χ1v) is 3.69. The highest BCUT2D eigenvalue weighted by molar-refractivity contribution is 7.13. The van der Waals surface area contributed by atoms with Crippen LogP contribution in [0, 0.1) is 6.20 Å². The Morgan fingerprint density at radius 1 is 1.60 bits per heavy atom. The van der Waals surface area contributed by atoms with E-state index >= 15 is 0 Å². The summed E-state index contributed by atoms with van der Waals surface area (Å²) in [7, 11) is 0. The lowest BCUT2D eigenvalue weighted by molar-refractivity contribution is 0.568. The fraction of sp³-hybridized carbons (Fsp3) is 0. The summed E-state index contributed by atoms with van der Waals surface area (Å²) in [6.45, 7) is 0. The van der Waals surface area contributed by atoms with Gasteiger partial charge >= 0.3 is 0 Å². The predicted octanol–water partition coefficient (Wildman–Crippen LogP) is 2.20. The van der Waals surface area contributed by atoms with E-state index in [2.05, 4.69) is 11.2 Å². The van der Waals surface area contributed by atoms with Crippen LogP contribution < -0.4 is 0 Å². The quantitative estimate of drug-likeness (QED) is 0.622. The van der Waals surface area contributed by atoms with E-state index in [1.165, 1.54) is 0 Å². The highest BCUT2D eigenvalue weighted by atomic mass is 32.1. The first-order chi connectivity index (χ1) is 4.97. The summed E-state index contributed by atoms with van der Waals surface area (Å²) < 4.78 is 4.89. The lowest BCUT2D eigenvalue weighted by Crippen LogP contribution is -1.66. The van der Waals surface area contributed by atoms with Gasteiger partial charge in [0.05, 0.1) is 6.26 Å². The summed E-state index contributed by atoms with van der Waals surface area (Å²) in [6, 6.07) is 1.88. The van der Waals surface area contributed by atoms with Crippen molar-refractivity contribution in [2.24, 2.45) is 0 Å². The molecule has 0 aliphatic heterocycles. The highest BCUT2D eigenvalue weighted by Gasteiger charge is 1.99. The Balaban J connectivity index is 2.48. The molecule has 0 fully saturated rings. The summed E-state index contributed by atoms with van der Waals surface area (Å²) >= 11 is 1.55. The average Bonchev–Trinajstić information content (AvgIpc) is 2.59. The second-order valence-corrected chi connectivity index (χ2v) is 2.65. The Morgan fingerprint density at radius 3 is 3.20 bits per heavy atom. The van der Waals surface area contributed by atoms with Crippen molar-refractivity contribution in [3.8, 4) is 10.6 Å². The Kier molecular flexibility index (Phi) is 1.29. The van der Waals surface area contributed by atoms with Gasteiger partial charge in [-0.05, 0) is 6.07 Å². The Hall–Kier alpha value is -1.09. The predicted molar refractivity (Wildman–Crippen MR) is 38.7 cm³/mol. The number of hydrogen-bond acceptors (Lipinski definition) is 3. The van der Waals surface area contributed by atoms with Gasteiger partial charge in [-0.1, -0.05) is 0 Å². The molecule has 0 saturated carbocycles. The largest absolute Gasteiger partial charge is 0.472 e. The first-order valence-electron chi connectivity index (χ1n) is 2.81. The van der Waals surface area contributed by atoms with E-state index in [9.17, 15) is 0 Å². The van der Waals surface area contributed by atoms with Gasteiger partial charge in [-0.3, -0.25) is 0 Å². The van der Waals surface area contributed by atoms with E-state index in [0.717, 1.165) is 10.6 Å². The van der Waals surface area contributed by atoms with Gasteiger partial charge in [0.25, 0.3) is 0 Å². The van der Waals surface area contributed by atoms with Crippen molar-refractivity contribution in [2.75, 3.05) is 0 Å². The van der Waals surface area contributed by atoms with Crippen molar-refractivity contribution in [1.29, 1.82) is 0 Å². The zero-order valence-corrected chi connectivity index (χ0v) is 5.89. The van der Waals surface area contributed by atoms with Crippen LogP contribution in [0.2, 0.25) is 0 Å². The Labute approximate surface area is 62.1 Å². The highest BCUT2D eigenvalue weighted by Crippen LogP contribution is 2.20. The summed E-state index contributed by atoms with van der Waals surface area (Å²) in [5, 5.41) is 2.77. The van der Waals surface area contributed by atoms with E-state index in [1.807, 2.05) is 11.4 Å². The second kappa shape index (κ2) is 2.27. The van der Waals surface area contributed by atoms with Crippen LogP contribution >= 0.6 is 11.3 Å². The molecule has 0 spiro atoms. The molecule has 0 aliphatic carbocycles. The van der Waals surface area contributed by atoms with Gasteiger partial charge in [-0.25, -0.2) is 4.98 Å². The molecule has 3 heteroatoms. The smallest absolute Gasteiger partial charge is 0.127 e. The van der Waals surface area contributed by atoms with Crippen LogP contribution in [0.5, 0.6) is 0 Å². The van der Waals surface area contributed by atoms with Crippen LogP contribution in [0.1, 0.15) is 0 Å². The normalized spacial score (nSPS) is 10.0. The first kappa shape index (κ1) is 5.68. The fourth-order valence-electron chi connectivity index (χ4n) is 0.712. The van der Waals surface area contributed by atoms with Crippen LogP contribution in [0.3, 0.4) is 0 Å². The zero-order valence-electron chi connectivity index (χ0n) is 5.07. The fourth-order valence-corrected chi connectivity index (χ4v) is 1.29. The van der Waals surface area contributed by atoms with Gasteiger partial charge in [-0.2, -0.15) is 0 Å². The number of rotatable bonds is 1. The van der Waals surface area contributed by atoms with Crippen molar-refractivity contribution in [1.82, 2.24) is 4.98 Å². The maximum absolute atomic E-state index is 4.89. The lowest BCUT2D eigenvalue weighted by Gasteiger charge is -1.82. The summed E-state index contributed by atoms with van der Waals surface area (Å²) in [5.74, 6) is 0. The van der Waals surface area contributed by atoms with Gasteiger partial charge in [0.15, 0.2) is 0 Å². The van der Waals surface area contributed by atoms with Crippen molar-refractivity contribution < 1.29 is 4.42 Å². The van der Waals surface area contributed by atoms with Gasteiger partial charge < -0.3 is 4.42 Å². The van der Waals surface area contributed by atoms with Gasteiger partial charge in [-0.15, -0.1) is 11.3 Å². The zero-order chi connectivity index (χ0) is 6.81. The molecule has 49 valence electrons. The number of furan rings is 1. The molecule has 2 nitrogen and oxygen atoms in total. The Bertz CT molecular complexity index is 253. The third-order valence-corrected chi connectivity index (χ3v) is 1.93. The molecule has 0 saturated heterocycles. The van der Waals surface area contributed by atoms with Crippen LogP contribution in [0.15, 0.2) is 28.4 Å². The monoisotopic (exact) mass is 150 g/mol. The number of aromatic nitrogens is 1. The van der Waals surface area contributed by atoms with Gasteiger partial charge in [0, 0.05) is 10.9 Å². The third kappa shape index (κ3) is 0.844. The standard InChI is InChI=1S/C7H4NOS/c1-3-9-5-6(1)7-8-2-4-10-7/h1,3-5H. The van der Waals surface area contributed by atoms with E-state index in [0.29, 0.717) is 0 Å². The molecule has 0 N–H and O–H groups in total. The molecule has 0 aliphatic rings. The van der Waals surface area contributed by atoms with Crippen molar-refractivity contribution >= 4 is 11.3 Å². The van der Waals surface area contributed by atoms with Crippen LogP contribution in [0.4, 0.5) is 0 Å². The SMILES string of the molecule is [c]1csc(-c2ccoc2)n1. The van der Waals surface area contributed by atoms with E-state index < -0.39 is 0 Å². The summed E-state index contributed by atoms with van der Waals surface area (Å²) in [5.41, 5.74) is 1.02. The molecule has 1 radical (unpaired) electrons. The maximum atomic E-state index is 4.89. The molecule has 10 heavy (non-hydrogen) atoms. The molecule has 2 heterocycles. The topological polar surface area (TPSA) is 26.0 Å². The third-order valence-electron chi connectivity index (χ3n) is 1.16. The van der Waals surface area contributed by atoms with E-state index in [1.54, 1.807) is 23.9 Å². The molecule has 0 atom stereocenters. The molecule has 0 bridgehead atoms. The number of nitrogens with zero attached hydrogens (tertiary/aromatic N) is 1. The minimum Gasteiger partial charge on any atom is -0.472 e. The minimum atomic E-state index is 0.953. The molecule has 0 aromatic carbocycles. The molecular weight excluding hydrogens is 146 g/mol. The Morgan fingerprint density at radius 2 is 2.60 bits per heavy atom. The van der Waals surface area contributed by atoms with Crippen molar-refractivity contribution in [3.05, 3.63) is 30.2 Å². The van der Waals surface area contributed by atoms with Crippen molar-refractivity contribution in [3.63, 3.8) is 0 Å². The number of hydrogen-bond donors (Lipinski definition) is 0. The molecule has 2 aromatic heterocycles. The summed E-state index contributed by atoms with van der Waals surface area (Å²) in [6.07, 6.45) is 6.05. The van der Waals surface area contributed by atoms with E-state index in [-0.39, 0.29) is 0 Å². The van der Waals surface area contributed by atoms with Gasteiger partial charge in [0.1, 0.15) is 17.5 Å². The molecule has 0 unspecified atom stereocenters. The average molecular weight is 150 g/mol. The molecule has 0 amide bonds. The lowest BCUT2D eigenvalue weighted by atomic mass is 10.4. The number of thiazole rings is 1. The van der Waals surface area contributed by atoms with Crippen molar-refractivity contribution in [2.45, 2.75) is 0 Å². The maximum Gasteiger partial charge on any atom is 0.127 e. The van der Waals surface area contributed by atoms with Crippen LogP contribution in [-0.2, 0) is 0 Å². The van der Waals surface area contributed by atoms with E-state index in [4.69, 9.17) is 4.42 Å². The van der Waals surface area contributed by atoms with Crippen LogP contribution in [0.25, 0.3) is 10.6 Å². The minimum absolute atomic E-state index is 0.953. The molecular formula is C7H4NOS. The molecule has 2 aromatic rings. The summed E-state index contributed by atoms with van der Waals surface area (Å²) in [4.78, 5) is 3.99. The van der Waals surface area contributed by atoms with Gasteiger partial charge in [0.2, 0.25) is 0 Å².